The number of hydrogen-bond acceptors (Lipinski definition) is 4. The maximum Gasteiger partial charge on any atom is 0.284 e. The van der Waals surface area contributed by atoms with Crippen molar-refractivity contribution >= 4 is 27.5 Å². The first kappa shape index (κ1) is 23.8. The molecule has 0 aromatic heterocycles. The molecule has 1 saturated heterocycles. The number of nitrogens with zero attached hydrogens (tertiary/aromatic N) is 2. The van der Waals surface area contributed by atoms with Gasteiger partial charge < -0.3 is 15.0 Å². The maximum atomic E-state index is 12.9. The molecule has 0 saturated carbocycles. The molecule has 172 valence electrons. The Balaban J connectivity index is 1.67. The molecule has 0 radical (unpaired) electrons. The van der Waals surface area contributed by atoms with E-state index in [1.54, 1.807) is 12.1 Å². The van der Waals surface area contributed by atoms with Gasteiger partial charge in [0.25, 0.3) is 10.0 Å². The first-order valence-electron chi connectivity index (χ1n) is 11.0. The summed E-state index contributed by atoms with van der Waals surface area (Å²) in [4.78, 5) is 14.5. The molecule has 1 N–H and O–H groups in total. The minimum absolute atomic E-state index is 0.0714. The van der Waals surface area contributed by atoms with Gasteiger partial charge in [-0.3, -0.25) is 4.79 Å². The van der Waals surface area contributed by atoms with Crippen molar-refractivity contribution in [1.29, 1.82) is 0 Å². The molecule has 0 aliphatic carbocycles. The van der Waals surface area contributed by atoms with E-state index in [2.05, 4.69) is 9.71 Å². The third-order valence-electron chi connectivity index (χ3n) is 5.37. The van der Waals surface area contributed by atoms with E-state index in [-0.39, 0.29) is 17.2 Å². The molecule has 2 aromatic rings. The monoisotopic (exact) mass is 457 g/mol. The average Bonchev–Trinajstić information content (AvgIpc) is 2.97. The van der Waals surface area contributed by atoms with E-state index >= 15 is 0 Å². The lowest BCUT2D eigenvalue weighted by Crippen LogP contribution is -2.26. The van der Waals surface area contributed by atoms with Crippen LogP contribution in [0.15, 0.2) is 57.8 Å². The molecule has 8 heteroatoms. The van der Waals surface area contributed by atoms with Crippen LogP contribution in [0.4, 0.5) is 5.69 Å². The lowest BCUT2D eigenvalue weighted by Gasteiger charge is -2.17. The van der Waals surface area contributed by atoms with Crippen LogP contribution >= 0.6 is 0 Å². The molecule has 1 amide bonds. The summed E-state index contributed by atoms with van der Waals surface area (Å²) < 4.78 is 35.4. The quantitative estimate of drug-likeness (QED) is 0.640. The van der Waals surface area contributed by atoms with Crippen LogP contribution in [-0.2, 0) is 21.2 Å². The van der Waals surface area contributed by atoms with Crippen LogP contribution in [0.1, 0.15) is 44.6 Å². The van der Waals surface area contributed by atoms with Crippen LogP contribution in [-0.4, -0.2) is 45.3 Å². The second-order valence-electron chi connectivity index (χ2n) is 7.83. The maximum absolute atomic E-state index is 12.9. The Hall–Kier alpha value is -2.87. The second kappa shape index (κ2) is 11.1. The summed E-state index contributed by atoms with van der Waals surface area (Å²) in [6, 6.07) is 13.9. The van der Waals surface area contributed by atoms with Gasteiger partial charge in [0.2, 0.25) is 5.91 Å². The fourth-order valence-corrected chi connectivity index (χ4v) is 4.79. The highest BCUT2D eigenvalue weighted by molar-refractivity contribution is 7.90. The third-order valence-corrected chi connectivity index (χ3v) is 6.67. The zero-order valence-electron chi connectivity index (χ0n) is 18.7. The standard InChI is InChI=1S/C24H31N3O4S/c1-3-31-22-13-7-6-10-19(22)15-16-24(28)25-20-11-9-12-21(18-20)32(29,30)26-23-14-5-4-8-17-27(23)2/h6-7,9-13,18H,3-5,8,14-17H2,1-2H3,(H,25,28)/b26-23-. The van der Waals surface area contributed by atoms with Gasteiger partial charge in [-0.25, -0.2) is 0 Å². The van der Waals surface area contributed by atoms with E-state index in [1.807, 2.05) is 43.1 Å². The third kappa shape index (κ3) is 6.56. The molecule has 0 unspecified atom stereocenters. The van der Waals surface area contributed by atoms with Crippen LogP contribution in [0.5, 0.6) is 5.75 Å². The number of aryl methyl sites for hydroxylation is 1. The normalized spacial score (nSPS) is 15.9. The average molecular weight is 458 g/mol. The number of amidine groups is 1. The van der Waals surface area contributed by atoms with Crippen LogP contribution in [0.25, 0.3) is 0 Å². The van der Waals surface area contributed by atoms with E-state index in [4.69, 9.17) is 4.74 Å². The number of amides is 1. The van der Waals surface area contributed by atoms with Crippen molar-refractivity contribution in [1.82, 2.24) is 4.90 Å². The molecule has 7 nitrogen and oxygen atoms in total. The van der Waals surface area contributed by atoms with Gasteiger partial charge in [-0.1, -0.05) is 30.7 Å². The minimum atomic E-state index is -3.86. The number of para-hydroxylation sites is 1. The summed E-state index contributed by atoms with van der Waals surface area (Å²) in [5.41, 5.74) is 1.40. The summed E-state index contributed by atoms with van der Waals surface area (Å²) in [6.07, 6.45) is 4.47. The Labute approximate surface area is 190 Å². The Morgan fingerprint density at radius 3 is 2.75 bits per heavy atom. The Kier molecular flexibility index (Phi) is 8.27. The lowest BCUT2D eigenvalue weighted by molar-refractivity contribution is -0.116. The predicted octanol–water partition coefficient (Wildman–Crippen LogP) is 4.25. The Morgan fingerprint density at radius 1 is 1.12 bits per heavy atom. The first-order chi connectivity index (χ1) is 15.4. The number of anilines is 1. The van der Waals surface area contributed by atoms with E-state index in [1.165, 1.54) is 12.1 Å². The SMILES string of the molecule is CCOc1ccccc1CCC(=O)Nc1cccc(S(=O)(=O)/N=C2/CCCCCN2C)c1. The summed E-state index contributed by atoms with van der Waals surface area (Å²) >= 11 is 0. The summed E-state index contributed by atoms with van der Waals surface area (Å²) in [7, 11) is -1.98. The first-order valence-corrected chi connectivity index (χ1v) is 12.5. The molecule has 0 spiro atoms. The predicted molar refractivity (Wildman–Crippen MR) is 127 cm³/mol. The highest BCUT2D eigenvalue weighted by Gasteiger charge is 2.19. The van der Waals surface area contributed by atoms with Gasteiger partial charge in [-0.15, -0.1) is 4.40 Å². The second-order valence-corrected chi connectivity index (χ2v) is 9.44. The summed E-state index contributed by atoms with van der Waals surface area (Å²) in [5.74, 6) is 1.17. The minimum Gasteiger partial charge on any atom is -0.494 e. The fourth-order valence-electron chi connectivity index (χ4n) is 3.65. The van der Waals surface area contributed by atoms with Crippen molar-refractivity contribution in [3.8, 4) is 5.75 Å². The number of rotatable bonds is 8. The molecular formula is C24H31N3O4S. The molecule has 0 atom stereocenters. The summed E-state index contributed by atoms with van der Waals surface area (Å²) in [5, 5.41) is 2.80. The van der Waals surface area contributed by atoms with Crippen LogP contribution in [0, 0.1) is 0 Å². The molecular weight excluding hydrogens is 426 g/mol. The molecule has 32 heavy (non-hydrogen) atoms. The number of carbonyl (C=O) groups is 1. The Morgan fingerprint density at radius 2 is 1.94 bits per heavy atom. The number of ether oxygens (including phenoxy) is 1. The van der Waals surface area contributed by atoms with Gasteiger partial charge >= 0.3 is 0 Å². The van der Waals surface area contributed by atoms with E-state index in [0.29, 0.717) is 31.0 Å². The molecule has 3 rings (SSSR count). The van der Waals surface area contributed by atoms with Gasteiger partial charge in [0.05, 0.1) is 11.5 Å². The van der Waals surface area contributed by atoms with Gasteiger partial charge in [0.15, 0.2) is 0 Å². The zero-order chi connectivity index (χ0) is 23.0. The van der Waals surface area contributed by atoms with Crippen molar-refractivity contribution < 1.29 is 17.9 Å². The highest BCUT2D eigenvalue weighted by Crippen LogP contribution is 2.22. The highest BCUT2D eigenvalue weighted by atomic mass is 32.2. The molecule has 2 aromatic carbocycles. The van der Waals surface area contributed by atoms with Crippen LogP contribution in [0.3, 0.4) is 0 Å². The number of likely N-dealkylation sites (tertiary alicyclic amines) is 1. The van der Waals surface area contributed by atoms with E-state index in [9.17, 15) is 13.2 Å². The fraction of sp³-hybridized carbons (Fsp3) is 0.417. The van der Waals surface area contributed by atoms with Gasteiger partial charge in [-0.2, -0.15) is 8.42 Å². The largest absolute Gasteiger partial charge is 0.494 e. The molecule has 1 fully saturated rings. The number of benzene rings is 2. The molecule has 0 bridgehead atoms. The van der Waals surface area contributed by atoms with Crippen molar-refractivity contribution in [2.75, 3.05) is 25.5 Å². The van der Waals surface area contributed by atoms with Crippen molar-refractivity contribution in [3.05, 3.63) is 54.1 Å². The van der Waals surface area contributed by atoms with E-state index in [0.717, 1.165) is 37.1 Å². The number of carbonyl (C=O) groups excluding carboxylic acids is 1. The Bertz CT molecular complexity index is 1070. The van der Waals surface area contributed by atoms with Crippen molar-refractivity contribution in [3.63, 3.8) is 0 Å². The topological polar surface area (TPSA) is 88.1 Å². The van der Waals surface area contributed by atoms with Crippen LogP contribution in [0.2, 0.25) is 0 Å². The molecule has 1 aliphatic heterocycles. The zero-order valence-corrected chi connectivity index (χ0v) is 19.5. The van der Waals surface area contributed by atoms with Crippen LogP contribution < -0.4 is 10.1 Å². The van der Waals surface area contributed by atoms with E-state index < -0.39 is 10.0 Å². The van der Waals surface area contributed by atoms with Gasteiger partial charge in [-0.05, 0) is 56.0 Å². The smallest absolute Gasteiger partial charge is 0.284 e. The van der Waals surface area contributed by atoms with Gasteiger partial charge in [0, 0.05) is 32.1 Å². The van der Waals surface area contributed by atoms with Crippen molar-refractivity contribution in [2.45, 2.75) is 50.3 Å². The number of hydrogen-bond donors (Lipinski definition) is 1. The lowest BCUT2D eigenvalue weighted by atomic mass is 10.1. The van der Waals surface area contributed by atoms with Crippen molar-refractivity contribution in [2.24, 2.45) is 4.40 Å². The summed E-state index contributed by atoms with van der Waals surface area (Å²) in [6.45, 7) is 3.28. The molecule has 1 heterocycles. The van der Waals surface area contributed by atoms with Gasteiger partial charge in [0.1, 0.15) is 11.6 Å². The number of nitrogens with one attached hydrogen (secondary N) is 1. The molecule has 1 aliphatic rings. The number of sulfonamides is 1.